The van der Waals surface area contributed by atoms with Crippen molar-refractivity contribution in [2.24, 2.45) is 0 Å². The summed E-state index contributed by atoms with van der Waals surface area (Å²) in [6.07, 6.45) is 2.17. The maximum absolute atomic E-state index is 13.6. The third kappa shape index (κ3) is 3.55. The zero-order chi connectivity index (χ0) is 19.7. The van der Waals surface area contributed by atoms with Gasteiger partial charge in [-0.15, -0.1) is 11.3 Å². The van der Waals surface area contributed by atoms with E-state index < -0.39 is 5.97 Å². The van der Waals surface area contributed by atoms with Crippen LogP contribution in [0.4, 0.5) is 9.39 Å². The number of carboxylic acids is 1. The summed E-state index contributed by atoms with van der Waals surface area (Å²) in [5, 5.41) is 14.7. The Bertz CT molecular complexity index is 1050. The van der Waals surface area contributed by atoms with Gasteiger partial charge in [-0.2, -0.15) is 0 Å². The monoisotopic (exact) mass is 395 g/mol. The predicted octanol–water partition coefficient (Wildman–Crippen LogP) is 5.11. The molecule has 142 valence electrons. The van der Waals surface area contributed by atoms with E-state index in [1.165, 1.54) is 23.5 Å². The second-order valence-corrected chi connectivity index (χ2v) is 7.75. The van der Waals surface area contributed by atoms with Gasteiger partial charge in [0.2, 0.25) is 0 Å². The summed E-state index contributed by atoms with van der Waals surface area (Å²) in [5.41, 5.74) is 3.35. The first-order valence-electron chi connectivity index (χ1n) is 9.01. The number of rotatable bonds is 4. The number of thiophene rings is 1. The van der Waals surface area contributed by atoms with Crippen molar-refractivity contribution in [2.75, 3.05) is 5.32 Å². The Morgan fingerprint density at radius 1 is 1.11 bits per heavy atom. The number of carbonyl (C=O) groups is 2. The highest BCUT2D eigenvalue weighted by molar-refractivity contribution is 7.15. The van der Waals surface area contributed by atoms with E-state index in [0.29, 0.717) is 22.5 Å². The van der Waals surface area contributed by atoms with Gasteiger partial charge in [0.05, 0.1) is 5.56 Å². The van der Waals surface area contributed by atoms with Gasteiger partial charge in [0, 0.05) is 5.56 Å². The molecule has 28 heavy (non-hydrogen) atoms. The normalized spacial score (nSPS) is 15.7. The minimum atomic E-state index is -1.07. The van der Waals surface area contributed by atoms with Crippen LogP contribution in [-0.4, -0.2) is 17.0 Å². The molecule has 0 aliphatic heterocycles. The van der Waals surface area contributed by atoms with Crippen molar-refractivity contribution in [3.05, 3.63) is 87.5 Å². The molecule has 0 fully saturated rings. The van der Waals surface area contributed by atoms with Crippen LogP contribution < -0.4 is 5.32 Å². The van der Waals surface area contributed by atoms with Gasteiger partial charge in [-0.05, 0) is 71.5 Å². The van der Waals surface area contributed by atoms with Crippen molar-refractivity contribution in [1.29, 1.82) is 0 Å². The number of halogens is 1. The maximum Gasteiger partial charge on any atom is 0.339 e. The van der Waals surface area contributed by atoms with Crippen molar-refractivity contribution < 1.29 is 19.1 Å². The third-order valence-corrected chi connectivity index (χ3v) is 6.05. The molecule has 1 heterocycles. The molecule has 0 saturated carbocycles. The Hall–Kier alpha value is -2.99. The second-order valence-electron chi connectivity index (χ2n) is 6.87. The Morgan fingerprint density at radius 2 is 1.89 bits per heavy atom. The zero-order valence-corrected chi connectivity index (χ0v) is 15.8. The van der Waals surface area contributed by atoms with Gasteiger partial charge in [0.1, 0.15) is 10.8 Å². The van der Waals surface area contributed by atoms with E-state index in [2.05, 4.69) is 5.32 Å². The molecule has 1 aromatic heterocycles. The van der Waals surface area contributed by atoms with Crippen molar-refractivity contribution in [1.82, 2.24) is 0 Å². The average molecular weight is 395 g/mol. The molecular formula is C22H18FNO3S. The molecule has 1 unspecified atom stereocenters. The Balaban J connectivity index is 1.62. The number of amides is 1. The van der Waals surface area contributed by atoms with E-state index in [-0.39, 0.29) is 23.2 Å². The quantitative estimate of drug-likeness (QED) is 0.645. The van der Waals surface area contributed by atoms with Crippen LogP contribution in [0.2, 0.25) is 0 Å². The number of benzene rings is 2. The standard InChI is InChI=1S/C22H18FNO3S/c23-17-9-8-13-6-7-15(10-16(13)11-17)18-12-28-21(19(18)22(26)27)24-20(25)14-4-2-1-3-5-14/h1-5,8-9,11-12,15H,6-7,10H2,(H,24,25)(H,26,27). The van der Waals surface area contributed by atoms with E-state index in [0.717, 1.165) is 24.0 Å². The Kier molecular flexibility index (Phi) is 4.96. The summed E-state index contributed by atoms with van der Waals surface area (Å²) in [6.45, 7) is 0. The van der Waals surface area contributed by atoms with Crippen LogP contribution in [0.3, 0.4) is 0 Å². The highest BCUT2D eigenvalue weighted by Gasteiger charge is 2.28. The minimum absolute atomic E-state index is 0.0148. The molecule has 1 aliphatic rings. The van der Waals surface area contributed by atoms with Crippen LogP contribution in [-0.2, 0) is 12.8 Å². The molecular weight excluding hydrogens is 377 g/mol. The lowest BCUT2D eigenvalue weighted by molar-refractivity contribution is 0.0696. The minimum Gasteiger partial charge on any atom is -0.478 e. The lowest BCUT2D eigenvalue weighted by atomic mass is 9.80. The fraction of sp³-hybridized carbons (Fsp3) is 0.182. The summed E-state index contributed by atoms with van der Waals surface area (Å²) in [7, 11) is 0. The predicted molar refractivity (Wildman–Crippen MR) is 107 cm³/mol. The first-order valence-corrected chi connectivity index (χ1v) is 9.89. The highest BCUT2D eigenvalue weighted by atomic mass is 32.1. The van der Waals surface area contributed by atoms with Crippen molar-refractivity contribution in [3.8, 4) is 0 Å². The summed E-state index contributed by atoms with van der Waals surface area (Å²) >= 11 is 1.22. The molecule has 1 atom stereocenters. The Labute approximate surface area is 165 Å². The Morgan fingerprint density at radius 3 is 2.64 bits per heavy atom. The van der Waals surface area contributed by atoms with Gasteiger partial charge in [-0.1, -0.05) is 24.3 Å². The van der Waals surface area contributed by atoms with Gasteiger partial charge in [-0.25, -0.2) is 9.18 Å². The average Bonchev–Trinajstić information content (AvgIpc) is 3.12. The molecule has 0 radical (unpaired) electrons. The number of nitrogens with one attached hydrogen (secondary N) is 1. The number of hydrogen-bond acceptors (Lipinski definition) is 3. The van der Waals surface area contributed by atoms with Crippen molar-refractivity contribution >= 4 is 28.2 Å². The van der Waals surface area contributed by atoms with E-state index >= 15 is 0 Å². The van der Waals surface area contributed by atoms with Crippen LogP contribution in [0.15, 0.2) is 53.9 Å². The number of carbonyl (C=O) groups excluding carboxylic acids is 1. The molecule has 4 nitrogen and oxygen atoms in total. The van der Waals surface area contributed by atoms with Crippen LogP contribution in [0.5, 0.6) is 0 Å². The first-order chi connectivity index (χ1) is 13.5. The van der Waals surface area contributed by atoms with E-state index in [1.807, 2.05) is 6.07 Å². The van der Waals surface area contributed by atoms with Gasteiger partial charge < -0.3 is 10.4 Å². The summed E-state index contributed by atoms with van der Waals surface area (Å²) in [5.74, 6) is -1.70. The lowest BCUT2D eigenvalue weighted by Crippen LogP contribution is -2.17. The van der Waals surface area contributed by atoms with Crippen LogP contribution >= 0.6 is 11.3 Å². The third-order valence-electron chi connectivity index (χ3n) is 5.13. The molecule has 1 aliphatic carbocycles. The molecule has 1 amide bonds. The number of hydrogen-bond donors (Lipinski definition) is 2. The SMILES string of the molecule is O=C(Nc1scc(C2CCc3ccc(F)cc3C2)c1C(=O)O)c1ccccc1. The molecule has 6 heteroatoms. The molecule has 4 rings (SSSR count). The number of fused-ring (bicyclic) bond motifs is 1. The van der Waals surface area contributed by atoms with Gasteiger partial charge in [-0.3, -0.25) is 4.79 Å². The smallest absolute Gasteiger partial charge is 0.339 e. The largest absolute Gasteiger partial charge is 0.478 e. The molecule has 0 saturated heterocycles. The fourth-order valence-electron chi connectivity index (χ4n) is 3.74. The van der Waals surface area contributed by atoms with Crippen LogP contribution in [0.1, 0.15) is 49.7 Å². The van der Waals surface area contributed by atoms with E-state index in [9.17, 15) is 19.1 Å². The fourth-order valence-corrected chi connectivity index (χ4v) is 4.77. The van der Waals surface area contributed by atoms with E-state index in [4.69, 9.17) is 0 Å². The topological polar surface area (TPSA) is 66.4 Å². The number of aromatic carboxylic acids is 1. The molecule has 3 aromatic rings. The van der Waals surface area contributed by atoms with Gasteiger partial charge >= 0.3 is 5.97 Å². The number of anilines is 1. The second kappa shape index (κ2) is 7.56. The van der Waals surface area contributed by atoms with Crippen molar-refractivity contribution in [3.63, 3.8) is 0 Å². The van der Waals surface area contributed by atoms with Gasteiger partial charge in [0.15, 0.2) is 0 Å². The lowest BCUT2D eigenvalue weighted by Gasteiger charge is -2.25. The maximum atomic E-state index is 13.6. The summed E-state index contributed by atoms with van der Waals surface area (Å²) < 4.78 is 13.6. The van der Waals surface area contributed by atoms with Crippen molar-refractivity contribution in [2.45, 2.75) is 25.2 Å². The molecule has 0 bridgehead atoms. The summed E-state index contributed by atoms with van der Waals surface area (Å²) in [6, 6.07) is 13.5. The highest BCUT2D eigenvalue weighted by Crippen LogP contribution is 2.40. The van der Waals surface area contributed by atoms with Crippen LogP contribution in [0.25, 0.3) is 0 Å². The molecule has 2 aromatic carbocycles. The van der Waals surface area contributed by atoms with Crippen LogP contribution in [0, 0.1) is 5.82 Å². The molecule has 2 N–H and O–H groups in total. The zero-order valence-electron chi connectivity index (χ0n) is 14.9. The number of carboxylic acid groups (broad SMARTS) is 1. The summed E-state index contributed by atoms with van der Waals surface area (Å²) in [4.78, 5) is 24.4. The van der Waals surface area contributed by atoms with E-state index in [1.54, 1.807) is 35.7 Å². The molecule has 0 spiro atoms. The number of aryl methyl sites for hydroxylation is 1. The first kappa shape index (κ1) is 18.4. The van der Waals surface area contributed by atoms with Gasteiger partial charge in [0.25, 0.3) is 5.91 Å².